The van der Waals surface area contributed by atoms with Crippen LogP contribution >= 0.6 is 0 Å². The summed E-state index contributed by atoms with van der Waals surface area (Å²) in [6, 6.07) is 7.29. The van der Waals surface area contributed by atoms with Crippen LogP contribution in [0.5, 0.6) is 5.75 Å². The van der Waals surface area contributed by atoms with E-state index in [2.05, 4.69) is 20.1 Å². The lowest BCUT2D eigenvalue weighted by Crippen LogP contribution is -2.24. The highest BCUT2D eigenvalue weighted by Crippen LogP contribution is 2.25. The van der Waals surface area contributed by atoms with E-state index in [1.807, 2.05) is 45.3 Å². The Morgan fingerprint density at radius 3 is 2.53 bits per heavy atom. The Balaban J connectivity index is 1.73. The molecule has 0 fully saturated rings. The fraction of sp³-hybridized carbons (Fsp3) is 0.320. The van der Waals surface area contributed by atoms with Crippen molar-refractivity contribution in [3.05, 3.63) is 81.5 Å². The molecule has 9 nitrogen and oxygen atoms in total. The van der Waals surface area contributed by atoms with E-state index in [-0.39, 0.29) is 12.2 Å². The normalized spacial score (nSPS) is 11.6. The van der Waals surface area contributed by atoms with Gasteiger partial charge in [-0.05, 0) is 58.4 Å². The van der Waals surface area contributed by atoms with E-state index in [0.29, 0.717) is 34.2 Å². The maximum atomic E-state index is 13.4. The second-order valence-electron chi connectivity index (χ2n) is 8.87. The number of hydrogen-bond acceptors (Lipinski definition) is 7. The molecule has 4 rings (SSSR count). The van der Waals surface area contributed by atoms with E-state index in [0.717, 1.165) is 17.0 Å². The van der Waals surface area contributed by atoms with Gasteiger partial charge >= 0.3 is 0 Å². The van der Waals surface area contributed by atoms with Gasteiger partial charge in [0, 0.05) is 37.4 Å². The SMILES string of the molecule is Cc1cnc(-c2ccnc(C(C)(C)O)n2)cc1-n1c(C)cc(OCc2ccn(C)n2)c(C)c1=O. The van der Waals surface area contributed by atoms with Crippen LogP contribution in [0.25, 0.3) is 17.1 Å². The summed E-state index contributed by atoms with van der Waals surface area (Å²) >= 11 is 0. The van der Waals surface area contributed by atoms with E-state index in [1.165, 1.54) is 0 Å². The molecule has 0 spiro atoms. The number of nitrogens with zero attached hydrogens (tertiary/aromatic N) is 6. The van der Waals surface area contributed by atoms with Crippen molar-refractivity contribution in [3.63, 3.8) is 0 Å². The number of hydrogen-bond donors (Lipinski definition) is 1. The van der Waals surface area contributed by atoms with Gasteiger partial charge < -0.3 is 9.84 Å². The van der Waals surface area contributed by atoms with Gasteiger partial charge in [-0.3, -0.25) is 19.0 Å². The quantitative estimate of drug-likeness (QED) is 0.471. The molecule has 0 bridgehead atoms. The molecule has 0 aromatic carbocycles. The Kier molecular flexibility index (Phi) is 6.05. The van der Waals surface area contributed by atoms with Crippen molar-refractivity contribution in [3.8, 4) is 22.8 Å². The highest BCUT2D eigenvalue weighted by molar-refractivity contribution is 5.59. The zero-order valence-electron chi connectivity index (χ0n) is 20.2. The predicted octanol–water partition coefficient (Wildman–Crippen LogP) is 3.15. The minimum absolute atomic E-state index is 0.170. The lowest BCUT2D eigenvalue weighted by atomic mass is 10.1. The molecule has 4 aromatic heterocycles. The van der Waals surface area contributed by atoms with Crippen LogP contribution in [-0.4, -0.2) is 34.4 Å². The van der Waals surface area contributed by atoms with Crippen LogP contribution in [0, 0.1) is 20.8 Å². The van der Waals surface area contributed by atoms with Gasteiger partial charge in [-0.2, -0.15) is 5.10 Å². The molecule has 0 saturated heterocycles. The summed E-state index contributed by atoms with van der Waals surface area (Å²) in [5, 5.41) is 14.6. The largest absolute Gasteiger partial charge is 0.487 e. The molecule has 0 atom stereocenters. The fourth-order valence-electron chi connectivity index (χ4n) is 3.63. The fourth-order valence-corrected chi connectivity index (χ4v) is 3.63. The molecule has 176 valence electrons. The Labute approximate surface area is 197 Å². The highest BCUT2D eigenvalue weighted by Gasteiger charge is 2.21. The molecule has 0 unspecified atom stereocenters. The van der Waals surface area contributed by atoms with Gasteiger partial charge in [0.1, 0.15) is 18.0 Å². The van der Waals surface area contributed by atoms with Crippen LogP contribution in [0.3, 0.4) is 0 Å². The first-order valence-corrected chi connectivity index (χ1v) is 10.9. The van der Waals surface area contributed by atoms with Crippen molar-refractivity contribution in [1.29, 1.82) is 0 Å². The van der Waals surface area contributed by atoms with Crippen LogP contribution in [0.2, 0.25) is 0 Å². The maximum absolute atomic E-state index is 13.4. The third-order valence-corrected chi connectivity index (χ3v) is 5.51. The summed E-state index contributed by atoms with van der Waals surface area (Å²) < 4.78 is 9.28. The molecule has 4 aromatic rings. The molecule has 0 aliphatic rings. The first kappa shape index (κ1) is 23.3. The highest BCUT2D eigenvalue weighted by atomic mass is 16.5. The van der Waals surface area contributed by atoms with Crippen molar-refractivity contribution in [2.45, 2.75) is 46.8 Å². The molecule has 34 heavy (non-hydrogen) atoms. The van der Waals surface area contributed by atoms with Crippen molar-refractivity contribution in [1.82, 2.24) is 29.3 Å². The van der Waals surface area contributed by atoms with E-state index < -0.39 is 5.60 Å². The summed E-state index contributed by atoms with van der Waals surface area (Å²) in [4.78, 5) is 26.5. The van der Waals surface area contributed by atoms with Crippen LogP contribution in [0.15, 0.2) is 47.7 Å². The molecule has 0 saturated carbocycles. The average Bonchev–Trinajstić information content (AvgIpc) is 3.21. The topological polar surface area (TPSA) is 108 Å². The molecular weight excluding hydrogens is 432 g/mol. The third-order valence-electron chi connectivity index (χ3n) is 5.51. The van der Waals surface area contributed by atoms with Crippen LogP contribution in [0.1, 0.15) is 42.2 Å². The Morgan fingerprint density at radius 1 is 1.09 bits per heavy atom. The molecule has 0 aliphatic heterocycles. The number of ether oxygens (including phenoxy) is 1. The lowest BCUT2D eigenvalue weighted by molar-refractivity contribution is 0.0688. The molecule has 0 radical (unpaired) electrons. The molecule has 0 amide bonds. The Hall–Kier alpha value is -3.85. The van der Waals surface area contributed by atoms with E-state index >= 15 is 0 Å². The summed E-state index contributed by atoms with van der Waals surface area (Å²) in [5.41, 5.74) is 3.35. The molecule has 9 heteroatoms. The number of aliphatic hydroxyl groups is 1. The summed E-state index contributed by atoms with van der Waals surface area (Å²) in [7, 11) is 1.85. The van der Waals surface area contributed by atoms with E-state index in [9.17, 15) is 9.90 Å². The first-order valence-electron chi connectivity index (χ1n) is 10.9. The van der Waals surface area contributed by atoms with Gasteiger partial charge in [0.2, 0.25) is 0 Å². The van der Waals surface area contributed by atoms with E-state index in [1.54, 1.807) is 48.5 Å². The monoisotopic (exact) mass is 460 g/mol. The van der Waals surface area contributed by atoms with Crippen LogP contribution in [-0.2, 0) is 19.3 Å². The first-order chi connectivity index (χ1) is 16.0. The van der Waals surface area contributed by atoms with Gasteiger partial charge in [0.05, 0.1) is 28.3 Å². The molecular formula is C25H28N6O3. The Morgan fingerprint density at radius 2 is 1.85 bits per heavy atom. The maximum Gasteiger partial charge on any atom is 0.261 e. The van der Waals surface area contributed by atoms with Gasteiger partial charge in [-0.1, -0.05) is 0 Å². The zero-order valence-corrected chi connectivity index (χ0v) is 20.2. The average molecular weight is 461 g/mol. The summed E-state index contributed by atoms with van der Waals surface area (Å²) in [5.74, 6) is 0.828. The van der Waals surface area contributed by atoms with Gasteiger partial charge in [-0.25, -0.2) is 9.97 Å². The van der Waals surface area contributed by atoms with Crippen molar-refractivity contribution >= 4 is 0 Å². The predicted molar refractivity (Wildman–Crippen MR) is 128 cm³/mol. The van der Waals surface area contributed by atoms with Gasteiger partial charge in [-0.15, -0.1) is 0 Å². The van der Waals surface area contributed by atoms with Crippen molar-refractivity contribution < 1.29 is 9.84 Å². The number of aryl methyl sites for hydroxylation is 3. The van der Waals surface area contributed by atoms with Crippen molar-refractivity contribution in [2.24, 2.45) is 7.05 Å². The molecule has 1 N–H and O–H groups in total. The van der Waals surface area contributed by atoms with Gasteiger partial charge in [0.25, 0.3) is 5.56 Å². The Bertz CT molecular complexity index is 1420. The zero-order chi connectivity index (χ0) is 24.6. The minimum atomic E-state index is -1.18. The third kappa shape index (κ3) is 4.60. The second kappa shape index (κ2) is 8.83. The van der Waals surface area contributed by atoms with E-state index in [4.69, 9.17) is 4.74 Å². The minimum Gasteiger partial charge on any atom is -0.487 e. The van der Waals surface area contributed by atoms with Crippen molar-refractivity contribution in [2.75, 3.05) is 0 Å². The summed E-state index contributed by atoms with van der Waals surface area (Å²) in [6.45, 7) is 9.06. The van der Waals surface area contributed by atoms with Gasteiger partial charge in [0.15, 0.2) is 5.82 Å². The smallest absolute Gasteiger partial charge is 0.261 e. The van der Waals surface area contributed by atoms with Crippen LogP contribution in [0.4, 0.5) is 0 Å². The number of aromatic nitrogens is 6. The number of pyridine rings is 2. The molecule has 0 aliphatic carbocycles. The summed E-state index contributed by atoms with van der Waals surface area (Å²) in [6.07, 6.45) is 5.15. The number of rotatable bonds is 6. The lowest BCUT2D eigenvalue weighted by Gasteiger charge is -2.18. The molecule has 4 heterocycles. The standard InChI is InChI=1S/C25H28N6O3/c1-15-13-27-20(19-7-9-26-24(28-19)25(4,5)33)12-21(15)31-16(2)11-22(17(3)23(31)32)34-14-18-8-10-30(6)29-18/h7-13,33H,14H2,1-6H3. The second-order valence-corrected chi connectivity index (χ2v) is 8.87. The van der Waals surface area contributed by atoms with Crippen LogP contribution < -0.4 is 10.3 Å².